The van der Waals surface area contributed by atoms with Crippen LogP contribution in [0.5, 0.6) is 0 Å². The molecule has 1 N–H and O–H groups in total. The van der Waals surface area contributed by atoms with Crippen molar-refractivity contribution < 1.29 is 13.2 Å². The van der Waals surface area contributed by atoms with E-state index in [4.69, 9.17) is 0 Å². The molecule has 1 atom stereocenters. The Morgan fingerprint density at radius 3 is 2.06 bits per heavy atom. The summed E-state index contributed by atoms with van der Waals surface area (Å²) in [5, 5.41) is 3.03. The number of benzene rings is 1. The molecule has 1 nitrogen and oxygen atoms in total. The normalized spacial score (nSPS) is 13.1. The summed E-state index contributed by atoms with van der Waals surface area (Å²) in [6, 6.07) is 1.03. The zero-order chi connectivity index (χ0) is 13.0. The summed E-state index contributed by atoms with van der Waals surface area (Å²) in [6.45, 7) is 6.42. The van der Waals surface area contributed by atoms with Crippen LogP contribution in [0.15, 0.2) is 12.1 Å². The Hall–Kier alpha value is -1.03. The van der Waals surface area contributed by atoms with Gasteiger partial charge in [-0.1, -0.05) is 20.8 Å². The standard InChI is InChI=1S/C13H18F3N/c1-4-17-12(5-8(2)3)13-10(15)6-9(14)7-11(13)16/h6-8,12,17H,4-5H2,1-3H3. The number of hydrogen-bond donors (Lipinski definition) is 1. The number of nitrogens with one attached hydrogen (secondary N) is 1. The largest absolute Gasteiger partial charge is 0.310 e. The van der Waals surface area contributed by atoms with Gasteiger partial charge in [0.05, 0.1) is 0 Å². The minimum absolute atomic E-state index is 0.0676. The fourth-order valence-electron chi connectivity index (χ4n) is 1.91. The molecule has 0 bridgehead atoms. The average Bonchev–Trinajstić information content (AvgIpc) is 2.14. The van der Waals surface area contributed by atoms with Crippen LogP contribution in [0.3, 0.4) is 0 Å². The smallest absolute Gasteiger partial charge is 0.133 e. The van der Waals surface area contributed by atoms with Crippen LogP contribution in [0, 0.1) is 23.4 Å². The summed E-state index contributed by atoms with van der Waals surface area (Å²) < 4.78 is 40.0. The van der Waals surface area contributed by atoms with Crippen LogP contribution >= 0.6 is 0 Å². The highest BCUT2D eigenvalue weighted by Crippen LogP contribution is 2.27. The van der Waals surface area contributed by atoms with E-state index in [1.165, 1.54) is 0 Å². The molecule has 1 rings (SSSR count). The maximum atomic E-state index is 13.6. The second kappa shape index (κ2) is 6.05. The van der Waals surface area contributed by atoms with Gasteiger partial charge in [-0.3, -0.25) is 0 Å². The molecule has 4 heteroatoms. The number of halogens is 3. The summed E-state index contributed by atoms with van der Waals surface area (Å²) in [4.78, 5) is 0. The molecule has 0 aromatic heterocycles. The van der Waals surface area contributed by atoms with Gasteiger partial charge in [0.2, 0.25) is 0 Å². The number of hydrogen-bond acceptors (Lipinski definition) is 1. The summed E-state index contributed by atoms with van der Waals surface area (Å²) in [6.07, 6.45) is 0.604. The fourth-order valence-corrected chi connectivity index (χ4v) is 1.91. The molecular formula is C13H18F3N. The van der Waals surface area contributed by atoms with Crippen molar-refractivity contribution in [1.29, 1.82) is 0 Å². The molecule has 0 fully saturated rings. The molecule has 1 aromatic carbocycles. The van der Waals surface area contributed by atoms with Crippen LogP contribution in [-0.2, 0) is 0 Å². The first-order valence-corrected chi connectivity index (χ1v) is 5.83. The lowest BCUT2D eigenvalue weighted by Gasteiger charge is -2.21. The van der Waals surface area contributed by atoms with Crippen LogP contribution in [0.25, 0.3) is 0 Å². The number of rotatable bonds is 5. The van der Waals surface area contributed by atoms with E-state index in [-0.39, 0.29) is 5.56 Å². The maximum Gasteiger partial charge on any atom is 0.133 e. The van der Waals surface area contributed by atoms with Crippen molar-refractivity contribution in [1.82, 2.24) is 5.32 Å². The van der Waals surface area contributed by atoms with Crippen LogP contribution < -0.4 is 5.32 Å². The monoisotopic (exact) mass is 245 g/mol. The van der Waals surface area contributed by atoms with E-state index in [9.17, 15) is 13.2 Å². The predicted octanol–water partition coefficient (Wildman–Crippen LogP) is 3.80. The van der Waals surface area contributed by atoms with E-state index in [2.05, 4.69) is 5.32 Å². The van der Waals surface area contributed by atoms with E-state index < -0.39 is 23.5 Å². The molecule has 0 heterocycles. The Morgan fingerprint density at radius 2 is 1.65 bits per heavy atom. The predicted molar refractivity (Wildman–Crippen MR) is 62.2 cm³/mol. The van der Waals surface area contributed by atoms with Gasteiger partial charge in [-0.05, 0) is 18.9 Å². The molecule has 0 saturated heterocycles. The lowest BCUT2D eigenvalue weighted by Crippen LogP contribution is -2.24. The van der Waals surface area contributed by atoms with E-state index in [0.717, 1.165) is 12.1 Å². The zero-order valence-electron chi connectivity index (χ0n) is 10.4. The molecule has 0 amide bonds. The second-order valence-electron chi connectivity index (χ2n) is 4.52. The average molecular weight is 245 g/mol. The molecule has 1 aromatic rings. The van der Waals surface area contributed by atoms with Gasteiger partial charge in [0.15, 0.2) is 0 Å². The maximum absolute atomic E-state index is 13.6. The molecule has 0 spiro atoms. The van der Waals surface area contributed by atoms with Gasteiger partial charge in [-0.2, -0.15) is 0 Å². The van der Waals surface area contributed by atoms with Crippen molar-refractivity contribution >= 4 is 0 Å². The third-order valence-corrected chi connectivity index (χ3v) is 2.55. The van der Waals surface area contributed by atoms with Crippen molar-refractivity contribution in [3.63, 3.8) is 0 Å². The van der Waals surface area contributed by atoms with Crippen molar-refractivity contribution in [2.75, 3.05) is 6.54 Å². The Balaban J connectivity index is 3.08. The third-order valence-electron chi connectivity index (χ3n) is 2.55. The van der Waals surface area contributed by atoms with E-state index in [1.54, 1.807) is 0 Å². The van der Waals surface area contributed by atoms with Crippen molar-refractivity contribution in [2.45, 2.75) is 33.2 Å². The van der Waals surface area contributed by atoms with Crippen LogP contribution in [0.2, 0.25) is 0 Å². The molecule has 96 valence electrons. The summed E-state index contributed by atoms with van der Waals surface area (Å²) in [5.74, 6) is -2.24. The van der Waals surface area contributed by atoms with Crippen LogP contribution in [-0.4, -0.2) is 6.54 Å². The molecular weight excluding hydrogens is 227 g/mol. The van der Waals surface area contributed by atoms with E-state index >= 15 is 0 Å². The minimum Gasteiger partial charge on any atom is -0.310 e. The molecule has 17 heavy (non-hydrogen) atoms. The Kier molecular flexibility index (Phi) is 5.00. The first kappa shape index (κ1) is 14.0. The lowest BCUT2D eigenvalue weighted by atomic mass is 9.96. The highest BCUT2D eigenvalue weighted by atomic mass is 19.1. The van der Waals surface area contributed by atoms with Gasteiger partial charge >= 0.3 is 0 Å². The van der Waals surface area contributed by atoms with Crippen LogP contribution in [0.4, 0.5) is 13.2 Å². The van der Waals surface area contributed by atoms with Gasteiger partial charge in [0, 0.05) is 23.7 Å². The fraction of sp³-hybridized carbons (Fsp3) is 0.538. The van der Waals surface area contributed by atoms with Gasteiger partial charge in [-0.15, -0.1) is 0 Å². The second-order valence-corrected chi connectivity index (χ2v) is 4.52. The van der Waals surface area contributed by atoms with Gasteiger partial charge in [0.1, 0.15) is 17.5 Å². The van der Waals surface area contributed by atoms with Gasteiger partial charge < -0.3 is 5.32 Å². The summed E-state index contributed by atoms with van der Waals surface area (Å²) >= 11 is 0. The van der Waals surface area contributed by atoms with E-state index in [1.807, 2.05) is 20.8 Å². The minimum atomic E-state index is -0.886. The zero-order valence-corrected chi connectivity index (χ0v) is 10.4. The quantitative estimate of drug-likeness (QED) is 0.832. The molecule has 1 unspecified atom stereocenters. The van der Waals surface area contributed by atoms with Crippen molar-refractivity contribution in [3.8, 4) is 0 Å². The van der Waals surface area contributed by atoms with Gasteiger partial charge in [-0.25, -0.2) is 13.2 Å². The molecule has 0 aliphatic heterocycles. The molecule has 0 aliphatic carbocycles. The SMILES string of the molecule is CCNC(CC(C)C)c1c(F)cc(F)cc1F. The molecule has 0 aliphatic rings. The highest BCUT2D eigenvalue weighted by molar-refractivity contribution is 5.24. The van der Waals surface area contributed by atoms with Crippen LogP contribution in [0.1, 0.15) is 38.8 Å². The van der Waals surface area contributed by atoms with Crippen molar-refractivity contribution in [2.24, 2.45) is 5.92 Å². The first-order chi connectivity index (χ1) is 7.95. The Bertz CT molecular complexity index is 354. The lowest BCUT2D eigenvalue weighted by molar-refractivity contribution is 0.403. The topological polar surface area (TPSA) is 12.0 Å². The van der Waals surface area contributed by atoms with E-state index in [0.29, 0.717) is 18.9 Å². The summed E-state index contributed by atoms with van der Waals surface area (Å²) in [7, 11) is 0. The molecule has 0 radical (unpaired) electrons. The molecule has 0 saturated carbocycles. The highest BCUT2D eigenvalue weighted by Gasteiger charge is 2.21. The first-order valence-electron chi connectivity index (χ1n) is 5.83. The Labute approximate surface area is 100 Å². The van der Waals surface area contributed by atoms with Crippen molar-refractivity contribution in [3.05, 3.63) is 35.1 Å². The Morgan fingerprint density at radius 1 is 1.12 bits per heavy atom. The summed E-state index contributed by atoms with van der Waals surface area (Å²) in [5.41, 5.74) is -0.0676. The third kappa shape index (κ3) is 3.73. The van der Waals surface area contributed by atoms with Gasteiger partial charge in [0.25, 0.3) is 0 Å².